The van der Waals surface area contributed by atoms with Gasteiger partial charge in [-0.05, 0) is 36.8 Å². The van der Waals surface area contributed by atoms with Gasteiger partial charge < -0.3 is 4.74 Å². The lowest BCUT2D eigenvalue weighted by Crippen LogP contribution is -2.26. The Bertz CT molecular complexity index is 470. The first-order valence-electron chi connectivity index (χ1n) is 7.49. The molecule has 0 bridgehead atoms. The number of hydrogen-bond donors (Lipinski definition) is 0. The summed E-state index contributed by atoms with van der Waals surface area (Å²) in [5, 5.41) is 0. The fourth-order valence-corrected chi connectivity index (χ4v) is 3.16. The van der Waals surface area contributed by atoms with Crippen LogP contribution in [0.3, 0.4) is 0 Å². The molecule has 1 aliphatic carbocycles. The minimum Gasteiger partial charge on any atom is -0.497 e. The summed E-state index contributed by atoms with van der Waals surface area (Å²) in [6.45, 7) is 2.18. The number of rotatable bonds is 5. The third kappa shape index (κ3) is 3.59. The van der Waals surface area contributed by atoms with Crippen LogP contribution in [0, 0.1) is 17.7 Å². The molecular formula is C17H23FO2. The first-order valence-corrected chi connectivity index (χ1v) is 7.49. The maximum atomic E-state index is 14.0. The highest BCUT2D eigenvalue weighted by Crippen LogP contribution is 2.32. The van der Waals surface area contributed by atoms with Crippen molar-refractivity contribution in [2.75, 3.05) is 7.11 Å². The summed E-state index contributed by atoms with van der Waals surface area (Å²) in [6.07, 6.45) is 5.44. The van der Waals surface area contributed by atoms with E-state index in [2.05, 4.69) is 6.92 Å². The van der Waals surface area contributed by atoms with E-state index >= 15 is 0 Å². The highest BCUT2D eigenvalue weighted by atomic mass is 19.1. The van der Waals surface area contributed by atoms with Gasteiger partial charge in [0.1, 0.15) is 17.3 Å². The minimum absolute atomic E-state index is 0.0109. The van der Waals surface area contributed by atoms with E-state index in [4.69, 9.17) is 4.74 Å². The van der Waals surface area contributed by atoms with Crippen LogP contribution in [0.1, 0.15) is 44.6 Å². The smallest absolute Gasteiger partial charge is 0.136 e. The lowest BCUT2D eigenvalue weighted by molar-refractivity contribution is -0.125. The number of halogens is 1. The molecule has 2 atom stereocenters. The third-order valence-corrected chi connectivity index (χ3v) is 4.30. The second-order valence-corrected chi connectivity index (χ2v) is 5.75. The first-order chi connectivity index (χ1) is 9.63. The highest BCUT2D eigenvalue weighted by Gasteiger charge is 2.28. The number of benzene rings is 1. The minimum atomic E-state index is -0.269. The van der Waals surface area contributed by atoms with E-state index in [9.17, 15) is 9.18 Å². The van der Waals surface area contributed by atoms with Crippen molar-refractivity contribution >= 4 is 5.78 Å². The molecule has 0 spiro atoms. The van der Waals surface area contributed by atoms with Gasteiger partial charge in [-0.3, -0.25) is 4.79 Å². The first kappa shape index (κ1) is 15.0. The van der Waals surface area contributed by atoms with Gasteiger partial charge in [-0.15, -0.1) is 0 Å². The fraction of sp³-hybridized carbons (Fsp3) is 0.588. The van der Waals surface area contributed by atoms with Gasteiger partial charge in [0.2, 0.25) is 0 Å². The van der Waals surface area contributed by atoms with Gasteiger partial charge in [-0.1, -0.05) is 25.8 Å². The Hall–Kier alpha value is -1.38. The van der Waals surface area contributed by atoms with Crippen LogP contribution in [-0.4, -0.2) is 12.9 Å². The van der Waals surface area contributed by atoms with E-state index in [0.29, 0.717) is 35.9 Å². The number of ether oxygens (including phenoxy) is 1. The second-order valence-electron chi connectivity index (χ2n) is 5.75. The molecule has 1 aliphatic rings. The van der Waals surface area contributed by atoms with E-state index in [1.54, 1.807) is 12.1 Å². The zero-order chi connectivity index (χ0) is 14.5. The van der Waals surface area contributed by atoms with Crippen molar-refractivity contribution in [1.82, 2.24) is 0 Å². The Kier molecular flexibility index (Phi) is 5.16. The molecule has 1 aromatic rings. The quantitative estimate of drug-likeness (QED) is 0.808. The van der Waals surface area contributed by atoms with Gasteiger partial charge in [-0.2, -0.15) is 0 Å². The molecule has 0 amide bonds. The van der Waals surface area contributed by atoms with Crippen LogP contribution < -0.4 is 4.74 Å². The molecule has 1 fully saturated rings. The Morgan fingerprint density at radius 2 is 2.20 bits per heavy atom. The average molecular weight is 278 g/mol. The van der Waals surface area contributed by atoms with Crippen LogP contribution in [0.5, 0.6) is 5.75 Å². The van der Waals surface area contributed by atoms with Crippen molar-refractivity contribution in [2.45, 2.75) is 45.4 Å². The van der Waals surface area contributed by atoms with Crippen LogP contribution in [0.4, 0.5) is 4.39 Å². The van der Waals surface area contributed by atoms with E-state index in [1.165, 1.54) is 19.6 Å². The lowest BCUT2D eigenvalue weighted by Gasteiger charge is -2.28. The Morgan fingerprint density at radius 3 is 2.85 bits per heavy atom. The molecule has 0 radical (unpaired) electrons. The summed E-state index contributed by atoms with van der Waals surface area (Å²) in [7, 11) is 1.52. The SMILES string of the molecule is CCCC1CCC(=O)C(Cc2ccc(OC)cc2F)C1. The van der Waals surface area contributed by atoms with Gasteiger partial charge in [0.15, 0.2) is 0 Å². The third-order valence-electron chi connectivity index (χ3n) is 4.30. The zero-order valence-electron chi connectivity index (χ0n) is 12.3. The molecule has 0 aromatic heterocycles. The number of carbonyl (C=O) groups excluding carboxylic acids is 1. The van der Waals surface area contributed by atoms with E-state index in [-0.39, 0.29) is 11.7 Å². The van der Waals surface area contributed by atoms with Crippen molar-refractivity contribution in [3.05, 3.63) is 29.6 Å². The molecule has 0 heterocycles. The molecule has 3 heteroatoms. The standard InChI is InChI=1S/C17H23FO2/c1-3-4-12-5-8-17(19)14(9-12)10-13-6-7-15(20-2)11-16(13)18/h6-7,11-12,14H,3-5,8-10H2,1-2H3. The highest BCUT2D eigenvalue weighted by molar-refractivity contribution is 5.82. The zero-order valence-corrected chi connectivity index (χ0v) is 12.3. The van der Waals surface area contributed by atoms with Gasteiger partial charge in [-0.25, -0.2) is 4.39 Å². The molecule has 2 nitrogen and oxygen atoms in total. The number of hydrogen-bond acceptors (Lipinski definition) is 2. The van der Waals surface area contributed by atoms with E-state index in [0.717, 1.165) is 19.3 Å². The van der Waals surface area contributed by atoms with Crippen LogP contribution in [-0.2, 0) is 11.2 Å². The van der Waals surface area contributed by atoms with Gasteiger partial charge >= 0.3 is 0 Å². The summed E-state index contributed by atoms with van der Waals surface area (Å²) < 4.78 is 19.0. The van der Waals surface area contributed by atoms with Crippen LogP contribution in [0.2, 0.25) is 0 Å². The molecule has 2 rings (SSSR count). The molecule has 0 aliphatic heterocycles. The molecular weight excluding hydrogens is 255 g/mol. The summed E-state index contributed by atoms with van der Waals surface area (Å²) in [5.74, 6) is 1.17. The predicted molar refractivity (Wildman–Crippen MR) is 77.4 cm³/mol. The normalized spacial score (nSPS) is 22.9. The molecule has 20 heavy (non-hydrogen) atoms. The Balaban J connectivity index is 2.05. The van der Waals surface area contributed by atoms with Crippen LogP contribution in [0.25, 0.3) is 0 Å². The summed E-state index contributed by atoms with van der Waals surface area (Å²) in [4.78, 5) is 12.0. The van der Waals surface area contributed by atoms with E-state index < -0.39 is 0 Å². The number of methoxy groups -OCH3 is 1. The summed E-state index contributed by atoms with van der Waals surface area (Å²) >= 11 is 0. The van der Waals surface area contributed by atoms with Gasteiger partial charge in [0.05, 0.1) is 7.11 Å². The Morgan fingerprint density at radius 1 is 1.40 bits per heavy atom. The van der Waals surface area contributed by atoms with Crippen molar-refractivity contribution in [3.63, 3.8) is 0 Å². The largest absolute Gasteiger partial charge is 0.497 e. The molecule has 0 saturated heterocycles. The molecule has 2 unspecified atom stereocenters. The summed E-state index contributed by atoms with van der Waals surface area (Å²) in [5.41, 5.74) is 0.626. The molecule has 0 N–H and O–H groups in total. The fourth-order valence-electron chi connectivity index (χ4n) is 3.16. The van der Waals surface area contributed by atoms with Crippen molar-refractivity contribution in [2.24, 2.45) is 11.8 Å². The van der Waals surface area contributed by atoms with Crippen molar-refractivity contribution in [3.8, 4) is 5.75 Å². The van der Waals surface area contributed by atoms with Crippen molar-refractivity contribution < 1.29 is 13.9 Å². The average Bonchev–Trinajstić information content (AvgIpc) is 2.44. The Labute approximate surface area is 120 Å². The molecule has 1 saturated carbocycles. The molecule has 110 valence electrons. The number of ketones is 1. The molecule has 1 aromatic carbocycles. The monoisotopic (exact) mass is 278 g/mol. The maximum absolute atomic E-state index is 14.0. The van der Waals surface area contributed by atoms with E-state index in [1.807, 2.05) is 0 Å². The van der Waals surface area contributed by atoms with Crippen LogP contribution >= 0.6 is 0 Å². The maximum Gasteiger partial charge on any atom is 0.136 e. The lowest BCUT2D eigenvalue weighted by atomic mass is 9.76. The van der Waals surface area contributed by atoms with Crippen LogP contribution in [0.15, 0.2) is 18.2 Å². The number of Topliss-reactive ketones (excluding diaryl/α,β-unsaturated/α-hetero) is 1. The van der Waals surface area contributed by atoms with Crippen molar-refractivity contribution in [1.29, 1.82) is 0 Å². The summed E-state index contributed by atoms with van der Waals surface area (Å²) in [6, 6.07) is 4.90. The van der Waals surface area contributed by atoms with Gasteiger partial charge in [0.25, 0.3) is 0 Å². The second kappa shape index (κ2) is 6.87. The van der Waals surface area contributed by atoms with Gasteiger partial charge in [0, 0.05) is 18.4 Å². The topological polar surface area (TPSA) is 26.3 Å². The predicted octanol–water partition coefficient (Wildman–Crippen LogP) is 4.16. The number of carbonyl (C=O) groups is 1.